The van der Waals surface area contributed by atoms with Gasteiger partial charge >= 0.3 is 0 Å². The third-order valence-corrected chi connectivity index (χ3v) is 10.7. The first-order valence-electron chi connectivity index (χ1n) is 17.9. The average Bonchev–Trinajstić information content (AvgIpc) is 3.70. The van der Waals surface area contributed by atoms with Crippen molar-refractivity contribution in [1.29, 1.82) is 0 Å². The van der Waals surface area contributed by atoms with Gasteiger partial charge in [0.15, 0.2) is 10.6 Å². The Morgan fingerprint density at radius 2 is 1.68 bits per heavy atom. The third-order valence-electron chi connectivity index (χ3n) is 9.33. The van der Waals surface area contributed by atoms with E-state index in [-0.39, 0.29) is 5.91 Å². The van der Waals surface area contributed by atoms with E-state index in [0.29, 0.717) is 47.0 Å². The maximum absolute atomic E-state index is 13.4. The molecule has 0 radical (unpaired) electrons. The number of benzene rings is 3. The van der Waals surface area contributed by atoms with Crippen LogP contribution in [0.2, 0.25) is 0 Å². The van der Waals surface area contributed by atoms with E-state index in [4.69, 9.17) is 9.47 Å². The Balaban J connectivity index is 1.28. The molecule has 8 nitrogen and oxygen atoms in total. The van der Waals surface area contributed by atoms with Crippen LogP contribution < -0.4 is 15.0 Å². The van der Waals surface area contributed by atoms with Gasteiger partial charge in [-0.05, 0) is 114 Å². The van der Waals surface area contributed by atoms with E-state index in [9.17, 15) is 9.35 Å². The molecule has 0 spiro atoms. The van der Waals surface area contributed by atoms with Crippen molar-refractivity contribution in [2.45, 2.75) is 71.1 Å². The van der Waals surface area contributed by atoms with Crippen LogP contribution in [0.5, 0.6) is 5.75 Å². The van der Waals surface area contributed by atoms with Gasteiger partial charge in [0.1, 0.15) is 12.4 Å². The molecule has 5 rings (SSSR count). The molecule has 50 heavy (non-hydrogen) atoms. The van der Waals surface area contributed by atoms with Crippen molar-refractivity contribution in [3.63, 3.8) is 0 Å². The smallest absolute Gasteiger partial charge is 0.251 e. The van der Waals surface area contributed by atoms with Crippen molar-refractivity contribution in [3.8, 4) is 16.9 Å². The van der Waals surface area contributed by atoms with E-state index in [0.717, 1.165) is 79.3 Å². The summed E-state index contributed by atoms with van der Waals surface area (Å²) in [6.45, 7) is 15.4. The SMILES string of the molecule is CCCCOCCOc1ccc(-c2ccc(N3CC(C)[C@H](C)C3)c(/C=C(\C)C(=O)Nc3ccc([S+]([O-])Cc4cncn4CCC)cc3)c2)cc1. The largest absolute Gasteiger partial charge is 0.611 e. The fourth-order valence-electron chi connectivity index (χ4n) is 6.12. The molecule has 1 aliphatic heterocycles. The van der Waals surface area contributed by atoms with Crippen LogP contribution in [0.1, 0.15) is 65.1 Å². The standard InChI is InChI=1S/C41H52N4O4S/c1-6-8-20-48-21-22-49-38-14-9-33(10-15-38)34-11-18-40(45-26-31(4)32(5)27-45)35(24-34)23-30(3)41(46)43-36-12-16-39(17-13-36)50(47)28-37-25-42-29-44(37)19-7-2/h9-18,23-25,29,31-32H,6-8,19-22,26-28H2,1-5H3,(H,43,46)/b30-23+/t31-,32?,50?/m1/s1. The second-order valence-electron chi connectivity index (χ2n) is 13.3. The fraction of sp³-hybridized carbons (Fsp3) is 0.415. The molecule has 1 amide bonds. The van der Waals surface area contributed by atoms with Crippen LogP contribution in [0.15, 0.2) is 89.7 Å². The lowest BCUT2D eigenvalue weighted by Crippen LogP contribution is -2.20. The number of ether oxygens (including phenoxy) is 2. The zero-order chi connectivity index (χ0) is 35.5. The van der Waals surface area contributed by atoms with Crippen molar-refractivity contribution in [2.24, 2.45) is 11.8 Å². The summed E-state index contributed by atoms with van der Waals surface area (Å²) in [7, 11) is 0. The van der Waals surface area contributed by atoms with E-state index in [1.165, 1.54) is 0 Å². The molecular weight excluding hydrogens is 645 g/mol. The van der Waals surface area contributed by atoms with Gasteiger partial charge in [0.25, 0.3) is 5.91 Å². The van der Waals surface area contributed by atoms with E-state index in [1.54, 1.807) is 12.5 Å². The van der Waals surface area contributed by atoms with Crippen molar-refractivity contribution < 1.29 is 18.8 Å². The highest BCUT2D eigenvalue weighted by molar-refractivity contribution is 7.90. The Kier molecular flexibility index (Phi) is 13.6. The molecule has 4 aromatic rings. The second kappa shape index (κ2) is 18.3. The highest BCUT2D eigenvalue weighted by atomic mass is 32.2. The first-order chi connectivity index (χ1) is 24.2. The zero-order valence-electron chi connectivity index (χ0n) is 30.2. The summed E-state index contributed by atoms with van der Waals surface area (Å²) in [5.74, 6) is 2.22. The van der Waals surface area contributed by atoms with Gasteiger partial charge in [0.2, 0.25) is 0 Å². The van der Waals surface area contributed by atoms with Crippen LogP contribution in [0, 0.1) is 11.8 Å². The Labute approximate surface area is 301 Å². The molecule has 3 aromatic carbocycles. The van der Waals surface area contributed by atoms with Crippen molar-refractivity contribution in [1.82, 2.24) is 9.55 Å². The van der Waals surface area contributed by atoms with E-state index in [2.05, 4.69) is 73.2 Å². The number of nitrogens with one attached hydrogen (secondary N) is 1. The Hall–Kier alpha value is -4.05. The van der Waals surface area contributed by atoms with Gasteiger partial charge in [-0.3, -0.25) is 4.79 Å². The Morgan fingerprint density at radius 1 is 0.960 bits per heavy atom. The molecule has 1 N–H and O–H groups in total. The minimum absolute atomic E-state index is 0.179. The minimum atomic E-state index is -1.22. The predicted molar refractivity (Wildman–Crippen MR) is 205 cm³/mol. The molecular formula is C41H52N4O4S. The topological polar surface area (TPSA) is 91.7 Å². The average molecular weight is 697 g/mol. The number of carbonyl (C=O) groups excluding carboxylic acids is 1. The molecule has 1 saturated heterocycles. The lowest BCUT2D eigenvalue weighted by atomic mass is 9.99. The number of imidazole rings is 1. The third kappa shape index (κ3) is 10.0. The summed E-state index contributed by atoms with van der Waals surface area (Å²) < 4.78 is 26.6. The summed E-state index contributed by atoms with van der Waals surface area (Å²) >= 11 is -1.22. The van der Waals surface area contributed by atoms with Gasteiger partial charge in [-0.15, -0.1) is 0 Å². The van der Waals surface area contributed by atoms with Gasteiger partial charge in [-0.25, -0.2) is 4.98 Å². The summed E-state index contributed by atoms with van der Waals surface area (Å²) in [6, 6.07) is 21.9. The quantitative estimate of drug-likeness (QED) is 0.0676. The van der Waals surface area contributed by atoms with Crippen LogP contribution in [0.4, 0.5) is 11.4 Å². The van der Waals surface area contributed by atoms with Crippen molar-refractivity contribution in [2.75, 3.05) is 43.1 Å². The molecule has 2 unspecified atom stereocenters. The lowest BCUT2D eigenvalue weighted by Gasteiger charge is -2.22. The number of aromatic nitrogens is 2. The molecule has 0 bridgehead atoms. The normalized spacial score (nSPS) is 16.8. The molecule has 1 aliphatic rings. The fourth-order valence-corrected chi connectivity index (χ4v) is 7.24. The molecule has 0 saturated carbocycles. The molecule has 2 heterocycles. The molecule has 1 aromatic heterocycles. The Bertz CT molecular complexity index is 1690. The van der Waals surface area contributed by atoms with Gasteiger partial charge in [0, 0.05) is 43.2 Å². The number of amides is 1. The van der Waals surface area contributed by atoms with Gasteiger partial charge in [-0.2, -0.15) is 0 Å². The summed E-state index contributed by atoms with van der Waals surface area (Å²) in [6.07, 6.45) is 8.73. The minimum Gasteiger partial charge on any atom is -0.611 e. The van der Waals surface area contributed by atoms with Crippen molar-refractivity contribution in [3.05, 3.63) is 96.1 Å². The van der Waals surface area contributed by atoms with Crippen LogP contribution in [-0.2, 0) is 33.0 Å². The number of anilines is 2. The Morgan fingerprint density at radius 3 is 2.38 bits per heavy atom. The summed E-state index contributed by atoms with van der Waals surface area (Å²) in [5.41, 5.74) is 6.51. The van der Waals surface area contributed by atoms with E-state index in [1.807, 2.05) is 54.0 Å². The first kappa shape index (κ1) is 37.2. The van der Waals surface area contributed by atoms with Crippen molar-refractivity contribution >= 4 is 34.5 Å². The number of hydrogen-bond donors (Lipinski definition) is 1. The van der Waals surface area contributed by atoms with Gasteiger partial charge in [0.05, 0.1) is 24.8 Å². The lowest BCUT2D eigenvalue weighted by molar-refractivity contribution is -0.112. The number of rotatable bonds is 17. The number of unbranched alkanes of at least 4 members (excludes halogenated alkanes) is 1. The van der Waals surface area contributed by atoms with E-state index >= 15 is 0 Å². The maximum atomic E-state index is 13.4. The summed E-state index contributed by atoms with van der Waals surface area (Å²) in [5, 5.41) is 3.03. The number of aryl methyl sites for hydroxylation is 1. The number of nitrogens with zero attached hydrogens (tertiary/aromatic N) is 3. The molecule has 9 heteroatoms. The molecule has 0 aliphatic carbocycles. The molecule has 3 atom stereocenters. The number of hydrogen-bond acceptors (Lipinski definition) is 6. The molecule has 266 valence electrons. The zero-order valence-corrected chi connectivity index (χ0v) is 31.0. The monoisotopic (exact) mass is 696 g/mol. The second-order valence-corrected chi connectivity index (χ2v) is 14.8. The first-order valence-corrected chi connectivity index (χ1v) is 19.2. The number of carbonyl (C=O) groups is 1. The predicted octanol–water partition coefficient (Wildman–Crippen LogP) is 8.60. The van der Waals surface area contributed by atoms with Gasteiger partial charge < -0.3 is 28.8 Å². The van der Waals surface area contributed by atoms with Crippen LogP contribution in [0.3, 0.4) is 0 Å². The highest BCUT2D eigenvalue weighted by Gasteiger charge is 2.27. The molecule has 1 fully saturated rings. The maximum Gasteiger partial charge on any atom is 0.251 e. The van der Waals surface area contributed by atoms with Crippen LogP contribution >= 0.6 is 0 Å². The van der Waals surface area contributed by atoms with Crippen LogP contribution in [-0.4, -0.2) is 52.9 Å². The highest BCUT2D eigenvalue weighted by Crippen LogP contribution is 2.35. The van der Waals surface area contributed by atoms with Gasteiger partial charge in [-0.1, -0.05) is 52.3 Å². The van der Waals surface area contributed by atoms with E-state index < -0.39 is 11.2 Å². The van der Waals surface area contributed by atoms with Crippen LogP contribution in [0.25, 0.3) is 17.2 Å². The summed E-state index contributed by atoms with van der Waals surface area (Å²) in [4.78, 5) is 20.8.